The second-order valence-corrected chi connectivity index (χ2v) is 8.06. The number of nitrogens with one attached hydrogen (secondary N) is 2. The van der Waals surface area contributed by atoms with Gasteiger partial charge in [0.2, 0.25) is 11.8 Å². The van der Waals surface area contributed by atoms with Crippen molar-refractivity contribution in [2.75, 3.05) is 5.32 Å². The molecule has 0 heterocycles. The third-order valence-corrected chi connectivity index (χ3v) is 6.22. The quantitative estimate of drug-likeness (QED) is 0.587. The van der Waals surface area contributed by atoms with E-state index in [1.54, 1.807) is 5.48 Å². The molecule has 5 nitrogen and oxygen atoms in total. The standard InChI is InChI=1S/C19H24N2O3/c22-17(21-24)8-12-1-3-16(4-2-12)20-18(23)19-9-13-5-14(10-19)7-15(6-13)11-19/h1-4,13-15,24H,5-11H2,(H,20,23)(H,21,22). The summed E-state index contributed by atoms with van der Waals surface area (Å²) in [6.07, 6.45) is 7.27. The Hall–Kier alpha value is -1.88. The maximum atomic E-state index is 13.0. The minimum Gasteiger partial charge on any atom is -0.326 e. The zero-order valence-corrected chi connectivity index (χ0v) is 13.8. The van der Waals surface area contributed by atoms with Crippen molar-refractivity contribution in [1.82, 2.24) is 5.48 Å². The monoisotopic (exact) mass is 328 g/mol. The van der Waals surface area contributed by atoms with Gasteiger partial charge in [-0.15, -0.1) is 0 Å². The molecule has 128 valence electrons. The summed E-state index contributed by atoms with van der Waals surface area (Å²) in [5.41, 5.74) is 3.06. The van der Waals surface area contributed by atoms with Gasteiger partial charge in [-0.1, -0.05) is 12.1 Å². The van der Waals surface area contributed by atoms with E-state index in [-0.39, 0.29) is 17.7 Å². The molecule has 0 aliphatic heterocycles. The highest BCUT2D eigenvalue weighted by atomic mass is 16.5. The summed E-state index contributed by atoms with van der Waals surface area (Å²) in [5, 5.41) is 11.7. The van der Waals surface area contributed by atoms with Gasteiger partial charge in [-0.05, 0) is 74.0 Å². The predicted molar refractivity (Wildman–Crippen MR) is 89.3 cm³/mol. The van der Waals surface area contributed by atoms with Crippen molar-refractivity contribution in [2.45, 2.75) is 44.9 Å². The number of amides is 2. The number of benzene rings is 1. The van der Waals surface area contributed by atoms with E-state index in [4.69, 9.17) is 5.21 Å². The van der Waals surface area contributed by atoms with Crippen LogP contribution in [0.1, 0.15) is 44.1 Å². The van der Waals surface area contributed by atoms with Gasteiger partial charge < -0.3 is 5.32 Å². The molecule has 4 aliphatic carbocycles. The van der Waals surface area contributed by atoms with Crippen LogP contribution in [0.5, 0.6) is 0 Å². The first-order valence-electron chi connectivity index (χ1n) is 8.90. The highest BCUT2D eigenvalue weighted by Crippen LogP contribution is 2.60. The molecule has 1 aromatic carbocycles. The molecule has 0 radical (unpaired) electrons. The van der Waals surface area contributed by atoms with E-state index in [1.807, 2.05) is 24.3 Å². The normalized spacial score (nSPS) is 33.3. The fourth-order valence-electron chi connectivity index (χ4n) is 5.58. The summed E-state index contributed by atoms with van der Waals surface area (Å²) in [6.45, 7) is 0. The highest BCUT2D eigenvalue weighted by molar-refractivity contribution is 5.95. The molecule has 0 aromatic heterocycles. The molecule has 1 aromatic rings. The first-order valence-corrected chi connectivity index (χ1v) is 8.90. The Bertz CT molecular complexity index is 618. The van der Waals surface area contributed by atoms with E-state index in [9.17, 15) is 9.59 Å². The predicted octanol–water partition coefficient (Wildman–Crippen LogP) is 2.89. The van der Waals surface area contributed by atoms with Crippen LogP contribution in [-0.4, -0.2) is 17.0 Å². The van der Waals surface area contributed by atoms with Crippen molar-refractivity contribution in [2.24, 2.45) is 23.2 Å². The maximum absolute atomic E-state index is 13.0. The lowest BCUT2D eigenvalue weighted by molar-refractivity contribution is -0.140. The molecule has 2 amide bonds. The van der Waals surface area contributed by atoms with Crippen LogP contribution in [0.3, 0.4) is 0 Å². The first-order chi connectivity index (χ1) is 11.6. The number of rotatable bonds is 4. The molecule has 4 saturated carbocycles. The minimum absolute atomic E-state index is 0.125. The van der Waals surface area contributed by atoms with E-state index in [0.717, 1.165) is 48.3 Å². The Balaban J connectivity index is 1.44. The average molecular weight is 328 g/mol. The van der Waals surface area contributed by atoms with Crippen molar-refractivity contribution in [3.8, 4) is 0 Å². The SMILES string of the molecule is O=C(Cc1ccc(NC(=O)C23CC4CC(CC(C4)C2)C3)cc1)NO. The van der Waals surface area contributed by atoms with Crippen LogP contribution >= 0.6 is 0 Å². The lowest BCUT2D eigenvalue weighted by atomic mass is 9.49. The number of carbonyl (C=O) groups is 2. The summed E-state index contributed by atoms with van der Waals surface area (Å²) in [6, 6.07) is 7.28. The number of carbonyl (C=O) groups excluding carboxylic acids is 2. The van der Waals surface area contributed by atoms with Gasteiger partial charge in [0.25, 0.3) is 0 Å². The minimum atomic E-state index is -0.444. The third-order valence-electron chi connectivity index (χ3n) is 6.22. The van der Waals surface area contributed by atoms with Gasteiger partial charge in [0.1, 0.15) is 0 Å². The molecule has 5 rings (SSSR count). The third kappa shape index (κ3) is 2.81. The fourth-order valence-corrected chi connectivity index (χ4v) is 5.58. The summed E-state index contributed by atoms with van der Waals surface area (Å²) < 4.78 is 0. The summed E-state index contributed by atoms with van der Waals surface area (Å²) >= 11 is 0. The van der Waals surface area contributed by atoms with Crippen LogP contribution in [0.4, 0.5) is 5.69 Å². The van der Waals surface area contributed by atoms with E-state index >= 15 is 0 Å². The maximum Gasteiger partial charge on any atom is 0.247 e. The van der Waals surface area contributed by atoms with Gasteiger partial charge in [-0.2, -0.15) is 0 Å². The van der Waals surface area contributed by atoms with E-state index < -0.39 is 5.91 Å². The van der Waals surface area contributed by atoms with Crippen molar-refractivity contribution in [3.05, 3.63) is 29.8 Å². The molecule has 4 aliphatic rings. The Morgan fingerprint density at radius 2 is 1.54 bits per heavy atom. The Kier molecular flexibility index (Phi) is 3.83. The lowest BCUT2D eigenvalue weighted by Crippen LogP contribution is -2.51. The number of anilines is 1. The second-order valence-electron chi connectivity index (χ2n) is 8.06. The molecule has 4 bridgehead atoms. The molecule has 3 N–H and O–H groups in total. The lowest BCUT2D eigenvalue weighted by Gasteiger charge is -2.55. The van der Waals surface area contributed by atoms with Crippen LogP contribution in [0.2, 0.25) is 0 Å². The van der Waals surface area contributed by atoms with Crippen molar-refractivity contribution >= 4 is 17.5 Å². The Labute approximate surface area is 141 Å². The van der Waals surface area contributed by atoms with Gasteiger partial charge in [-0.25, -0.2) is 5.48 Å². The Morgan fingerprint density at radius 1 is 1.00 bits per heavy atom. The van der Waals surface area contributed by atoms with E-state index in [1.165, 1.54) is 19.3 Å². The molecule has 5 heteroatoms. The smallest absolute Gasteiger partial charge is 0.247 e. The van der Waals surface area contributed by atoms with E-state index in [2.05, 4.69) is 5.32 Å². The molecule has 0 atom stereocenters. The van der Waals surface area contributed by atoms with Crippen LogP contribution < -0.4 is 10.8 Å². The molecule has 0 spiro atoms. The second kappa shape index (κ2) is 5.88. The topological polar surface area (TPSA) is 78.4 Å². The molecular weight excluding hydrogens is 304 g/mol. The van der Waals surface area contributed by atoms with E-state index in [0.29, 0.717) is 0 Å². The van der Waals surface area contributed by atoms with Crippen LogP contribution in [0.15, 0.2) is 24.3 Å². The summed E-state index contributed by atoms with van der Waals surface area (Å²) in [7, 11) is 0. The average Bonchev–Trinajstić information content (AvgIpc) is 2.55. The summed E-state index contributed by atoms with van der Waals surface area (Å²) in [5.74, 6) is 1.99. The molecule has 4 fully saturated rings. The first kappa shape index (κ1) is 15.6. The number of hydrogen-bond donors (Lipinski definition) is 3. The largest absolute Gasteiger partial charge is 0.326 e. The van der Waals surface area contributed by atoms with Gasteiger partial charge in [0.05, 0.1) is 11.8 Å². The fraction of sp³-hybridized carbons (Fsp3) is 0.579. The highest BCUT2D eigenvalue weighted by Gasteiger charge is 2.54. The number of hydroxylamine groups is 1. The van der Waals surface area contributed by atoms with Crippen molar-refractivity contribution in [3.63, 3.8) is 0 Å². The van der Waals surface area contributed by atoms with Crippen LogP contribution in [0, 0.1) is 23.2 Å². The van der Waals surface area contributed by atoms with Gasteiger partial charge in [0, 0.05) is 5.69 Å². The molecule has 0 unspecified atom stereocenters. The Morgan fingerprint density at radius 3 is 2.04 bits per heavy atom. The van der Waals surface area contributed by atoms with Gasteiger partial charge in [-0.3, -0.25) is 14.8 Å². The molecule has 0 saturated heterocycles. The van der Waals surface area contributed by atoms with Crippen LogP contribution in [0.25, 0.3) is 0 Å². The zero-order chi connectivity index (χ0) is 16.7. The van der Waals surface area contributed by atoms with Crippen molar-refractivity contribution in [1.29, 1.82) is 0 Å². The van der Waals surface area contributed by atoms with Gasteiger partial charge in [0.15, 0.2) is 0 Å². The van der Waals surface area contributed by atoms with Crippen LogP contribution in [-0.2, 0) is 16.0 Å². The molecular formula is C19H24N2O3. The van der Waals surface area contributed by atoms with Crippen molar-refractivity contribution < 1.29 is 14.8 Å². The number of hydrogen-bond acceptors (Lipinski definition) is 3. The summed E-state index contributed by atoms with van der Waals surface area (Å²) in [4.78, 5) is 24.1. The van der Waals surface area contributed by atoms with Gasteiger partial charge >= 0.3 is 0 Å². The zero-order valence-electron chi connectivity index (χ0n) is 13.8. The molecule has 24 heavy (non-hydrogen) atoms.